The molecule has 0 bridgehead atoms. The van der Waals surface area contributed by atoms with Crippen molar-refractivity contribution >= 4 is 28.3 Å². The smallest absolute Gasteiger partial charge is 0.254 e. The Morgan fingerprint density at radius 3 is 2.57 bits per heavy atom. The van der Waals surface area contributed by atoms with Gasteiger partial charge < -0.3 is 21.3 Å². The molecule has 0 aliphatic carbocycles. The molecule has 146 valence electrons. The molecule has 3 rings (SSSR count). The van der Waals surface area contributed by atoms with E-state index in [0.29, 0.717) is 23.6 Å². The Kier molecular flexibility index (Phi) is 6.39. The average molecular weight is 378 g/mol. The fraction of sp³-hybridized carbons (Fsp3) is 0.286. The van der Waals surface area contributed by atoms with Gasteiger partial charge in [0.2, 0.25) is 0 Å². The summed E-state index contributed by atoms with van der Waals surface area (Å²) >= 11 is 0. The predicted octanol–water partition coefficient (Wildman–Crippen LogP) is 2.51. The number of carbonyl (C=O) groups excluding carboxylic acids is 1. The molecular formula is C21H26N6O. The number of fused-ring (bicyclic) bond motifs is 1. The van der Waals surface area contributed by atoms with Gasteiger partial charge in [0, 0.05) is 30.2 Å². The van der Waals surface area contributed by atoms with Crippen molar-refractivity contribution in [1.29, 1.82) is 0 Å². The lowest BCUT2D eigenvalue weighted by atomic mass is 10.2. The molecule has 2 aromatic carbocycles. The summed E-state index contributed by atoms with van der Waals surface area (Å²) in [6, 6.07) is 14.8. The number of hydrogen-bond donors (Lipinski definition) is 3. The minimum atomic E-state index is -0.0970. The lowest BCUT2D eigenvalue weighted by Gasteiger charge is -2.18. The zero-order valence-electron chi connectivity index (χ0n) is 16.3. The highest BCUT2D eigenvalue weighted by atomic mass is 16.2. The largest absolute Gasteiger partial charge is 0.399 e. The number of hydrogen-bond acceptors (Lipinski definition) is 6. The third-order valence-electron chi connectivity index (χ3n) is 4.43. The molecular weight excluding hydrogens is 352 g/mol. The second-order valence-electron chi connectivity index (χ2n) is 6.67. The van der Waals surface area contributed by atoms with Gasteiger partial charge in [0.25, 0.3) is 5.91 Å². The quantitative estimate of drug-likeness (QED) is 0.412. The van der Waals surface area contributed by atoms with Gasteiger partial charge in [0.05, 0.1) is 12.1 Å². The van der Waals surface area contributed by atoms with E-state index < -0.39 is 0 Å². The van der Waals surface area contributed by atoms with E-state index in [4.69, 9.17) is 5.73 Å². The van der Waals surface area contributed by atoms with Crippen LogP contribution in [0.2, 0.25) is 0 Å². The van der Waals surface area contributed by atoms with Crippen molar-refractivity contribution in [2.75, 3.05) is 38.2 Å². The summed E-state index contributed by atoms with van der Waals surface area (Å²) in [7, 11) is 3.68. The number of nitrogens with one attached hydrogen (secondary N) is 2. The van der Waals surface area contributed by atoms with Crippen LogP contribution in [0.1, 0.15) is 22.6 Å². The molecule has 7 nitrogen and oxygen atoms in total. The molecule has 0 fully saturated rings. The van der Waals surface area contributed by atoms with E-state index in [2.05, 4.69) is 20.6 Å². The second kappa shape index (κ2) is 9.14. The molecule has 3 aromatic rings. The molecule has 0 unspecified atom stereocenters. The third kappa shape index (κ3) is 4.75. The molecule has 0 aliphatic heterocycles. The summed E-state index contributed by atoms with van der Waals surface area (Å²) in [5.41, 5.74) is 7.77. The molecule has 1 aromatic heterocycles. The number of rotatable bonds is 8. The molecule has 0 atom stereocenters. The van der Waals surface area contributed by atoms with Gasteiger partial charge in [-0.1, -0.05) is 12.1 Å². The van der Waals surface area contributed by atoms with Gasteiger partial charge in [-0.25, -0.2) is 9.97 Å². The molecule has 1 heterocycles. The maximum absolute atomic E-state index is 12.7. The van der Waals surface area contributed by atoms with Crippen LogP contribution in [0.25, 0.3) is 10.9 Å². The molecule has 4 N–H and O–H groups in total. The highest BCUT2D eigenvalue weighted by Crippen LogP contribution is 2.21. The standard InChI is InChI=1S/C21H26N6O/c1-23-12-5-13-24-20-17-6-3-4-7-18(17)25-19(26-20)14-27(2)21(28)15-8-10-16(22)11-9-15/h3-4,6-11,23H,5,12-14,22H2,1-2H3,(H,24,25,26). The van der Waals surface area contributed by atoms with Crippen LogP contribution in [0.5, 0.6) is 0 Å². The maximum atomic E-state index is 12.7. The number of aromatic nitrogens is 2. The fourth-order valence-electron chi connectivity index (χ4n) is 2.93. The topological polar surface area (TPSA) is 96.2 Å². The van der Waals surface area contributed by atoms with Crippen LogP contribution >= 0.6 is 0 Å². The Bertz CT molecular complexity index is 941. The summed E-state index contributed by atoms with van der Waals surface area (Å²) in [6.07, 6.45) is 0.986. The average Bonchev–Trinajstić information content (AvgIpc) is 2.71. The van der Waals surface area contributed by atoms with Crippen molar-refractivity contribution in [1.82, 2.24) is 20.2 Å². The lowest BCUT2D eigenvalue weighted by molar-refractivity contribution is 0.0781. The highest BCUT2D eigenvalue weighted by Gasteiger charge is 2.15. The van der Waals surface area contributed by atoms with E-state index in [1.54, 1.807) is 36.2 Å². The van der Waals surface area contributed by atoms with Crippen LogP contribution in [-0.4, -0.2) is 48.0 Å². The van der Waals surface area contributed by atoms with Gasteiger partial charge >= 0.3 is 0 Å². The highest BCUT2D eigenvalue weighted by molar-refractivity contribution is 5.94. The van der Waals surface area contributed by atoms with Crippen molar-refractivity contribution in [2.24, 2.45) is 0 Å². The van der Waals surface area contributed by atoms with Gasteiger partial charge in [-0.3, -0.25) is 4.79 Å². The number of carbonyl (C=O) groups is 1. The minimum Gasteiger partial charge on any atom is -0.399 e. The Morgan fingerprint density at radius 2 is 1.82 bits per heavy atom. The van der Waals surface area contributed by atoms with Crippen LogP contribution in [-0.2, 0) is 6.54 Å². The number of nitrogens with zero attached hydrogens (tertiary/aromatic N) is 3. The summed E-state index contributed by atoms with van der Waals surface area (Å²) in [5.74, 6) is 1.30. The Morgan fingerprint density at radius 1 is 1.07 bits per heavy atom. The summed E-state index contributed by atoms with van der Waals surface area (Å²) in [5, 5.41) is 7.51. The third-order valence-corrected chi connectivity index (χ3v) is 4.43. The molecule has 7 heteroatoms. The molecule has 0 radical (unpaired) electrons. The second-order valence-corrected chi connectivity index (χ2v) is 6.67. The first-order chi connectivity index (χ1) is 13.6. The van der Waals surface area contributed by atoms with E-state index in [9.17, 15) is 4.79 Å². The van der Waals surface area contributed by atoms with Crippen molar-refractivity contribution in [3.8, 4) is 0 Å². The molecule has 0 saturated heterocycles. The molecule has 0 saturated carbocycles. The Balaban J connectivity index is 1.79. The number of amides is 1. The number of benzene rings is 2. The van der Waals surface area contributed by atoms with Crippen molar-refractivity contribution in [3.63, 3.8) is 0 Å². The van der Waals surface area contributed by atoms with E-state index in [0.717, 1.165) is 36.2 Å². The normalized spacial score (nSPS) is 10.8. The summed E-state index contributed by atoms with van der Waals surface area (Å²) in [4.78, 5) is 23.6. The number of anilines is 2. The number of nitrogen functional groups attached to an aromatic ring is 1. The first kappa shape index (κ1) is 19.6. The van der Waals surface area contributed by atoms with Crippen LogP contribution in [0.15, 0.2) is 48.5 Å². The van der Waals surface area contributed by atoms with E-state index in [-0.39, 0.29) is 5.91 Å². The van der Waals surface area contributed by atoms with Gasteiger partial charge in [-0.2, -0.15) is 0 Å². The van der Waals surface area contributed by atoms with Crippen molar-refractivity contribution in [2.45, 2.75) is 13.0 Å². The van der Waals surface area contributed by atoms with Crippen LogP contribution < -0.4 is 16.4 Å². The van der Waals surface area contributed by atoms with Crippen LogP contribution in [0.4, 0.5) is 11.5 Å². The van der Waals surface area contributed by atoms with Gasteiger partial charge in [0.15, 0.2) is 5.82 Å². The molecule has 1 amide bonds. The van der Waals surface area contributed by atoms with Crippen molar-refractivity contribution in [3.05, 3.63) is 59.9 Å². The first-order valence-corrected chi connectivity index (χ1v) is 9.33. The first-order valence-electron chi connectivity index (χ1n) is 9.33. The van der Waals surface area contributed by atoms with Gasteiger partial charge in [0.1, 0.15) is 5.82 Å². The predicted molar refractivity (Wildman–Crippen MR) is 113 cm³/mol. The summed E-state index contributed by atoms with van der Waals surface area (Å²) in [6.45, 7) is 2.06. The van der Waals surface area contributed by atoms with E-state index in [1.807, 2.05) is 31.3 Å². The van der Waals surface area contributed by atoms with Crippen molar-refractivity contribution < 1.29 is 4.79 Å². The molecule has 0 spiro atoms. The Labute approximate surface area is 165 Å². The van der Waals surface area contributed by atoms with E-state index in [1.165, 1.54) is 0 Å². The minimum absolute atomic E-state index is 0.0970. The molecule has 28 heavy (non-hydrogen) atoms. The van der Waals surface area contributed by atoms with E-state index >= 15 is 0 Å². The van der Waals surface area contributed by atoms with Gasteiger partial charge in [-0.15, -0.1) is 0 Å². The summed E-state index contributed by atoms with van der Waals surface area (Å²) < 4.78 is 0. The Hall–Kier alpha value is -3.19. The van der Waals surface area contributed by atoms with Crippen LogP contribution in [0.3, 0.4) is 0 Å². The fourth-order valence-corrected chi connectivity index (χ4v) is 2.93. The zero-order valence-corrected chi connectivity index (χ0v) is 16.3. The zero-order chi connectivity index (χ0) is 19.9. The monoisotopic (exact) mass is 378 g/mol. The maximum Gasteiger partial charge on any atom is 0.254 e. The number of para-hydroxylation sites is 1. The lowest BCUT2D eigenvalue weighted by Crippen LogP contribution is -2.27. The van der Waals surface area contributed by atoms with Gasteiger partial charge in [-0.05, 0) is 56.4 Å². The SMILES string of the molecule is CNCCCNc1nc(CN(C)C(=O)c2ccc(N)cc2)nc2ccccc12. The molecule has 0 aliphatic rings. The van der Waals surface area contributed by atoms with Crippen LogP contribution in [0, 0.1) is 0 Å². The number of nitrogens with two attached hydrogens (primary N) is 1.